The first-order valence-electron chi connectivity index (χ1n) is 13.6. The maximum absolute atomic E-state index is 14.2. The van der Waals surface area contributed by atoms with Crippen LogP contribution in [0.4, 0.5) is 0 Å². The molecular formula is C28H43N3O5. The van der Waals surface area contributed by atoms with Crippen molar-refractivity contribution in [3.63, 3.8) is 0 Å². The number of hydrogen-bond acceptors (Lipinski definition) is 5. The van der Waals surface area contributed by atoms with E-state index in [1.54, 1.807) is 4.90 Å². The smallest absolute Gasteiger partial charge is 0.249 e. The molecule has 2 saturated heterocycles. The molecule has 4 aliphatic rings. The molecule has 0 aromatic carbocycles. The summed E-state index contributed by atoms with van der Waals surface area (Å²) < 4.78 is 6.84. The van der Waals surface area contributed by atoms with Crippen LogP contribution in [0.3, 0.4) is 0 Å². The molecular weight excluding hydrogens is 458 g/mol. The summed E-state index contributed by atoms with van der Waals surface area (Å²) in [4.78, 5) is 47.6. The topological polar surface area (TPSA) is 90.4 Å². The highest BCUT2D eigenvalue weighted by Crippen LogP contribution is 2.57. The van der Waals surface area contributed by atoms with Gasteiger partial charge in [-0.25, -0.2) is 0 Å². The van der Waals surface area contributed by atoms with Gasteiger partial charge in [-0.3, -0.25) is 14.4 Å². The van der Waals surface area contributed by atoms with Crippen molar-refractivity contribution in [2.24, 2.45) is 11.8 Å². The average molecular weight is 502 g/mol. The van der Waals surface area contributed by atoms with E-state index in [0.717, 1.165) is 32.1 Å². The van der Waals surface area contributed by atoms with Gasteiger partial charge < -0.3 is 24.5 Å². The number of amides is 3. The van der Waals surface area contributed by atoms with Crippen molar-refractivity contribution < 1.29 is 24.2 Å². The summed E-state index contributed by atoms with van der Waals surface area (Å²) in [6.07, 6.45) is 11.8. The first kappa shape index (κ1) is 26.9. The maximum atomic E-state index is 14.2. The average Bonchev–Trinajstić information content (AvgIpc) is 3.06. The molecule has 4 heterocycles. The number of aliphatic hydroxyl groups excluding tert-OH is 1. The lowest BCUT2D eigenvalue weighted by Crippen LogP contribution is -2.59. The van der Waals surface area contributed by atoms with Crippen molar-refractivity contribution in [1.29, 1.82) is 0 Å². The van der Waals surface area contributed by atoms with Crippen LogP contribution in [0, 0.1) is 11.8 Å². The van der Waals surface area contributed by atoms with Gasteiger partial charge >= 0.3 is 0 Å². The zero-order valence-corrected chi connectivity index (χ0v) is 22.5. The van der Waals surface area contributed by atoms with E-state index in [2.05, 4.69) is 0 Å². The lowest BCUT2D eigenvalue weighted by Gasteiger charge is -2.41. The summed E-state index contributed by atoms with van der Waals surface area (Å²) in [5.41, 5.74) is -2.58. The monoisotopic (exact) mass is 501 g/mol. The molecule has 2 fully saturated rings. The number of carbonyl (C=O) groups is 3. The predicted octanol–water partition coefficient (Wildman–Crippen LogP) is 2.52. The molecule has 0 saturated carbocycles. The highest BCUT2D eigenvalue weighted by Gasteiger charge is 2.74. The Morgan fingerprint density at radius 2 is 1.64 bits per heavy atom. The van der Waals surface area contributed by atoms with Crippen LogP contribution in [0.5, 0.6) is 0 Å². The number of rotatable bonds is 8. The van der Waals surface area contributed by atoms with Crippen LogP contribution >= 0.6 is 0 Å². The first-order chi connectivity index (χ1) is 17.0. The number of aliphatic hydroxyl groups is 1. The van der Waals surface area contributed by atoms with Gasteiger partial charge in [-0.05, 0) is 47.0 Å². The molecule has 4 rings (SSSR count). The van der Waals surface area contributed by atoms with Crippen LogP contribution < -0.4 is 0 Å². The molecule has 0 aromatic rings. The van der Waals surface area contributed by atoms with Crippen molar-refractivity contribution in [3.8, 4) is 0 Å². The SMILES string of the molecule is CCCN1CC=C[C@@]2(C)O[C@]34C=CCN(C(C)(C)C)C(=O)C3N(CCCCCCO)C(=O)[C@@H]4[C@H]2C1=O. The van der Waals surface area contributed by atoms with E-state index >= 15 is 0 Å². The number of fused-ring (bicyclic) bond motifs is 2. The first-order valence-corrected chi connectivity index (χ1v) is 13.6. The molecule has 1 N–H and O–H groups in total. The summed E-state index contributed by atoms with van der Waals surface area (Å²) in [6, 6.07) is -0.810. The Labute approximate surface area is 215 Å². The van der Waals surface area contributed by atoms with E-state index in [-0.39, 0.29) is 24.3 Å². The number of unbranched alkanes of at least 4 members (excludes halogenated alkanes) is 3. The molecule has 200 valence electrons. The van der Waals surface area contributed by atoms with E-state index in [0.29, 0.717) is 26.2 Å². The summed E-state index contributed by atoms with van der Waals surface area (Å²) >= 11 is 0. The van der Waals surface area contributed by atoms with Crippen LogP contribution in [-0.2, 0) is 19.1 Å². The Morgan fingerprint density at radius 1 is 0.944 bits per heavy atom. The van der Waals surface area contributed by atoms with E-state index in [4.69, 9.17) is 9.84 Å². The molecule has 4 aliphatic heterocycles. The third-order valence-corrected chi connectivity index (χ3v) is 8.25. The largest absolute Gasteiger partial charge is 0.396 e. The highest BCUT2D eigenvalue weighted by atomic mass is 16.5. The normalized spacial score (nSPS) is 34.1. The maximum Gasteiger partial charge on any atom is 0.249 e. The molecule has 0 aromatic heterocycles. The Hall–Kier alpha value is -2.19. The Morgan fingerprint density at radius 3 is 2.31 bits per heavy atom. The third kappa shape index (κ3) is 4.30. The second-order valence-corrected chi connectivity index (χ2v) is 11.9. The van der Waals surface area contributed by atoms with Gasteiger partial charge in [0, 0.05) is 38.3 Å². The Kier molecular flexibility index (Phi) is 7.41. The second-order valence-electron chi connectivity index (χ2n) is 11.9. The summed E-state index contributed by atoms with van der Waals surface area (Å²) in [6.45, 7) is 12.1. The minimum atomic E-state index is -1.19. The number of likely N-dealkylation sites (tertiary alicyclic amines) is 1. The van der Waals surface area contributed by atoms with E-state index in [9.17, 15) is 14.4 Å². The third-order valence-electron chi connectivity index (χ3n) is 8.25. The lowest BCUT2D eigenvalue weighted by molar-refractivity contribution is -0.155. The molecule has 8 heteroatoms. The van der Waals surface area contributed by atoms with E-state index in [1.807, 2.05) is 68.7 Å². The molecule has 1 spiro atoms. The number of carbonyl (C=O) groups excluding carboxylic acids is 3. The summed E-state index contributed by atoms with van der Waals surface area (Å²) in [5.74, 6) is -1.79. The van der Waals surface area contributed by atoms with Crippen molar-refractivity contribution in [2.45, 2.75) is 89.5 Å². The highest BCUT2D eigenvalue weighted by molar-refractivity contribution is 6.00. The van der Waals surface area contributed by atoms with Crippen molar-refractivity contribution in [2.75, 3.05) is 32.8 Å². The van der Waals surface area contributed by atoms with Crippen LogP contribution in [0.2, 0.25) is 0 Å². The van der Waals surface area contributed by atoms with Crippen LogP contribution in [0.25, 0.3) is 0 Å². The van der Waals surface area contributed by atoms with Crippen LogP contribution in [0.15, 0.2) is 24.3 Å². The van der Waals surface area contributed by atoms with Crippen molar-refractivity contribution >= 4 is 17.7 Å². The van der Waals surface area contributed by atoms with Gasteiger partial charge in [0.1, 0.15) is 11.6 Å². The molecule has 0 bridgehead atoms. The zero-order valence-electron chi connectivity index (χ0n) is 22.5. The zero-order chi connectivity index (χ0) is 26.3. The molecule has 5 atom stereocenters. The summed E-state index contributed by atoms with van der Waals surface area (Å²) in [5, 5.41) is 9.11. The number of hydrogen-bond donors (Lipinski definition) is 1. The summed E-state index contributed by atoms with van der Waals surface area (Å²) in [7, 11) is 0. The van der Waals surface area contributed by atoms with E-state index < -0.39 is 34.6 Å². The lowest BCUT2D eigenvalue weighted by atomic mass is 9.74. The molecule has 1 unspecified atom stereocenters. The van der Waals surface area contributed by atoms with Crippen molar-refractivity contribution in [1.82, 2.24) is 14.7 Å². The predicted molar refractivity (Wildman–Crippen MR) is 137 cm³/mol. The minimum absolute atomic E-state index is 0.0686. The Bertz CT molecular complexity index is 940. The molecule has 36 heavy (non-hydrogen) atoms. The van der Waals surface area contributed by atoms with Gasteiger partial charge in [0.2, 0.25) is 17.7 Å². The van der Waals surface area contributed by atoms with Gasteiger partial charge in [0.05, 0.1) is 17.4 Å². The van der Waals surface area contributed by atoms with Gasteiger partial charge in [-0.15, -0.1) is 0 Å². The van der Waals surface area contributed by atoms with Crippen LogP contribution in [0.1, 0.15) is 66.7 Å². The van der Waals surface area contributed by atoms with Crippen molar-refractivity contribution in [3.05, 3.63) is 24.3 Å². The molecule has 8 nitrogen and oxygen atoms in total. The standard InChI is InChI=1S/C28H43N3O5/c1-6-15-29-16-11-13-27(5)20(23(29)33)21-24(34)30(17-9-7-8-10-19-32)22-25(35)31(26(2,3)4)18-12-14-28(21,22)36-27/h11-14,20-22,32H,6-10,15-19H2,1-5H3/t20-,21-,22?,27+,28-/m0/s1. The fourth-order valence-electron chi connectivity index (χ4n) is 6.63. The fraction of sp³-hybridized carbons (Fsp3) is 0.750. The van der Waals surface area contributed by atoms with Gasteiger partial charge in [0.25, 0.3) is 0 Å². The number of ether oxygens (including phenoxy) is 1. The molecule has 0 aliphatic carbocycles. The quantitative estimate of drug-likeness (QED) is 0.408. The molecule has 3 amide bonds. The van der Waals surface area contributed by atoms with E-state index in [1.165, 1.54) is 0 Å². The van der Waals surface area contributed by atoms with Gasteiger partial charge in [-0.1, -0.05) is 44.1 Å². The van der Waals surface area contributed by atoms with Crippen LogP contribution in [-0.4, -0.2) is 93.1 Å². The number of nitrogens with zero attached hydrogens (tertiary/aromatic N) is 3. The Balaban J connectivity index is 1.77. The van der Waals surface area contributed by atoms with Gasteiger partial charge in [0.15, 0.2) is 0 Å². The van der Waals surface area contributed by atoms with Gasteiger partial charge in [-0.2, -0.15) is 0 Å². The minimum Gasteiger partial charge on any atom is -0.396 e. The fourth-order valence-corrected chi connectivity index (χ4v) is 6.63. The second kappa shape index (κ2) is 9.93. The molecule has 0 radical (unpaired) electrons.